The van der Waals surface area contributed by atoms with Crippen LogP contribution in [0, 0.1) is 0 Å². The predicted molar refractivity (Wildman–Crippen MR) is 95.9 cm³/mol. The van der Waals surface area contributed by atoms with Gasteiger partial charge in [0.05, 0.1) is 5.69 Å². The molecule has 0 bridgehead atoms. The first-order valence-corrected chi connectivity index (χ1v) is 7.97. The molecule has 2 aromatic rings. The first-order valence-electron chi connectivity index (χ1n) is 7.97. The molecule has 0 saturated carbocycles. The maximum Gasteiger partial charge on any atom is 0.201 e. The van der Waals surface area contributed by atoms with Gasteiger partial charge in [0.15, 0.2) is 0 Å². The highest BCUT2D eigenvalue weighted by Gasteiger charge is 2.09. The van der Waals surface area contributed by atoms with E-state index in [1.807, 2.05) is 17.0 Å². The van der Waals surface area contributed by atoms with E-state index in [9.17, 15) is 0 Å². The molecule has 0 fully saturated rings. The zero-order valence-electron chi connectivity index (χ0n) is 13.7. The topological polar surface area (TPSA) is 41.6 Å². The SMILES string of the molecule is CCc1cccc(N=C(N)N(CC)c2cccc(CC)c2)c1. The van der Waals surface area contributed by atoms with Gasteiger partial charge < -0.3 is 10.6 Å². The van der Waals surface area contributed by atoms with Gasteiger partial charge in [0.2, 0.25) is 5.96 Å². The van der Waals surface area contributed by atoms with Gasteiger partial charge in [0.25, 0.3) is 0 Å². The molecule has 116 valence electrons. The fourth-order valence-electron chi connectivity index (χ4n) is 2.46. The summed E-state index contributed by atoms with van der Waals surface area (Å²) < 4.78 is 0. The van der Waals surface area contributed by atoms with Gasteiger partial charge in [-0.2, -0.15) is 0 Å². The van der Waals surface area contributed by atoms with Crippen molar-refractivity contribution in [3.05, 3.63) is 59.7 Å². The number of rotatable bonds is 5. The Labute approximate surface area is 133 Å². The van der Waals surface area contributed by atoms with E-state index < -0.39 is 0 Å². The quantitative estimate of drug-likeness (QED) is 0.660. The maximum atomic E-state index is 6.25. The molecule has 0 aliphatic rings. The largest absolute Gasteiger partial charge is 0.369 e. The monoisotopic (exact) mass is 295 g/mol. The van der Waals surface area contributed by atoms with Crippen molar-refractivity contribution in [2.75, 3.05) is 11.4 Å². The van der Waals surface area contributed by atoms with E-state index in [1.54, 1.807) is 0 Å². The molecule has 0 aliphatic carbocycles. The third kappa shape index (κ3) is 3.88. The summed E-state index contributed by atoms with van der Waals surface area (Å²) in [4.78, 5) is 6.63. The van der Waals surface area contributed by atoms with Crippen LogP contribution < -0.4 is 10.6 Å². The average Bonchev–Trinajstić information content (AvgIpc) is 2.56. The molecular formula is C19H25N3. The predicted octanol–water partition coefficient (Wildman–Crippen LogP) is 4.28. The van der Waals surface area contributed by atoms with E-state index >= 15 is 0 Å². The lowest BCUT2D eigenvalue weighted by Gasteiger charge is -2.22. The molecule has 0 atom stereocenters. The molecule has 2 N–H and O–H groups in total. The summed E-state index contributed by atoms with van der Waals surface area (Å²) in [6, 6.07) is 16.7. The second kappa shape index (κ2) is 7.64. The highest BCUT2D eigenvalue weighted by Crippen LogP contribution is 2.19. The van der Waals surface area contributed by atoms with E-state index in [0.717, 1.165) is 30.8 Å². The molecule has 0 amide bonds. The summed E-state index contributed by atoms with van der Waals surface area (Å²) >= 11 is 0. The van der Waals surface area contributed by atoms with Crippen LogP contribution in [0.25, 0.3) is 0 Å². The number of hydrogen-bond acceptors (Lipinski definition) is 1. The summed E-state index contributed by atoms with van der Waals surface area (Å²) in [5.74, 6) is 0.531. The normalized spacial score (nSPS) is 11.5. The fourth-order valence-corrected chi connectivity index (χ4v) is 2.46. The average molecular weight is 295 g/mol. The van der Waals surface area contributed by atoms with Crippen LogP contribution in [0.5, 0.6) is 0 Å². The van der Waals surface area contributed by atoms with Crippen LogP contribution in [0.3, 0.4) is 0 Å². The van der Waals surface area contributed by atoms with Crippen molar-refractivity contribution in [3.63, 3.8) is 0 Å². The summed E-state index contributed by atoms with van der Waals surface area (Å²) in [6.07, 6.45) is 2.01. The van der Waals surface area contributed by atoms with Crippen LogP contribution in [0.1, 0.15) is 31.9 Å². The Hall–Kier alpha value is -2.29. The van der Waals surface area contributed by atoms with Gasteiger partial charge >= 0.3 is 0 Å². The van der Waals surface area contributed by atoms with E-state index in [-0.39, 0.29) is 0 Å². The van der Waals surface area contributed by atoms with Gasteiger partial charge in [-0.15, -0.1) is 0 Å². The van der Waals surface area contributed by atoms with Crippen molar-refractivity contribution in [2.24, 2.45) is 10.7 Å². The van der Waals surface area contributed by atoms with Crippen molar-refractivity contribution >= 4 is 17.3 Å². The lowest BCUT2D eigenvalue weighted by atomic mass is 10.1. The van der Waals surface area contributed by atoms with E-state index in [0.29, 0.717) is 5.96 Å². The number of aryl methyl sites for hydroxylation is 2. The fraction of sp³-hybridized carbons (Fsp3) is 0.316. The molecule has 0 unspecified atom stereocenters. The third-order valence-electron chi connectivity index (χ3n) is 3.79. The number of anilines is 1. The smallest absolute Gasteiger partial charge is 0.201 e. The first kappa shape index (κ1) is 16.1. The third-order valence-corrected chi connectivity index (χ3v) is 3.79. The van der Waals surface area contributed by atoms with Crippen molar-refractivity contribution in [3.8, 4) is 0 Å². The Morgan fingerprint density at radius 2 is 1.59 bits per heavy atom. The second-order valence-electron chi connectivity index (χ2n) is 5.26. The molecule has 3 nitrogen and oxygen atoms in total. The molecule has 0 saturated heterocycles. The number of hydrogen-bond donors (Lipinski definition) is 1. The number of nitrogens with zero attached hydrogens (tertiary/aromatic N) is 2. The van der Waals surface area contributed by atoms with Crippen LogP contribution in [0.4, 0.5) is 11.4 Å². The van der Waals surface area contributed by atoms with Crippen LogP contribution in [-0.2, 0) is 12.8 Å². The summed E-state index contributed by atoms with van der Waals surface area (Å²) in [5.41, 5.74) is 10.8. The van der Waals surface area contributed by atoms with Crippen LogP contribution in [-0.4, -0.2) is 12.5 Å². The molecule has 0 aromatic heterocycles. The number of aliphatic imine (C=N–C) groups is 1. The first-order chi connectivity index (χ1) is 10.7. The lowest BCUT2D eigenvalue weighted by Crippen LogP contribution is -2.37. The lowest BCUT2D eigenvalue weighted by molar-refractivity contribution is 1.03. The second-order valence-corrected chi connectivity index (χ2v) is 5.26. The summed E-state index contributed by atoms with van der Waals surface area (Å²) in [5, 5.41) is 0. The molecular weight excluding hydrogens is 270 g/mol. The Morgan fingerprint density at radius 3 is 2.23 bits per heavy atom. The van der Waals surface area contributed by atoms with Gasteiger partial charge in [-0.25, -0.2) is 4.99 Å². The number of nitrogens with two attached hydrogens (primary N) is 1. The van der Waals surface area contributed by atoms with Gasteiger partial charge in [-0.3, -0.25) is 0 Å². The van der Waals surface area contributed by atoms with E-state index in [2.05, 4.69) is 62.2 Å². The number of benzene rings is 2. The minimum atomic E-state index is 0.531. The van der Waals surface area contributed by atoms with Crippen LogP contribution in [0.2, 0.25) is 0 Å². The Balaban J connectivity index is 2.30. The molecule has 0 aliphatic heterocycles. The van der Waals surface area contributed by atoms with Crippen molar-refractivity contribution in [1.82, 2.24) is 0 Å². The maximum absolute atomic E-state index is 6.25. The van der Waals surface area contributed by atoms with Crippen molar-refractivity contribution in [2.45, 2.75) is 33.6 Å². The van der Waals surface area contributed by atoms with Gasteiger partial charge in [0, 0.05) is 12.2 Å². The van der Waals surface area contributed by atoms with E-state index in [1.165, 1.54) is 11.1 Å². The van der Waals surface area contributed by atoms with E-state index in [4.69, 9.17) is 5.73 Å². The number of guanidine groups is 1. The zero-order chi connectivity index (χ0) is 15.9. The van der Waals surface area contributed by atoms with Gasteiger partial charge in [-0.05, 0) is 55.2 Å². The summed E-state index contributed by atoms with van der Waals surface area (Å²) in [7, 11) is 0. The Morgan fingerprint density at radius 1 is 0.955 bits per heavy atom. The van der Waals surface area contributed by atoms with Crippen LogP contribution in [0.15, 0.2) is 53.5 Å². The molecule has 2 aromatic carbocycles. The molecule has 22 heavy (non-hydrogen) atoms. The molecule has 3 heteroatoms. The Kier molecular flexibility index (Phi) is 5.59. The highest BCUT2D eigenvalue weighted by molar-refractivity contribution is 5.96. The molecule has 2 rings (SSSR count). The minimum Gasteiger partial charge on any atom is -0.369 e. The minimum absolute atomic E-state index is 0.531. The zero-order valence-corrected chi connectivity index (χ0v) is 13.7. The Bertz CT molecular complexity index is 647. The van der Waals surface area contributed by atoms with Crippen LogP contribution >= 0.6 is 0 Å². The van der Waals surface area contributed by atoms with Gasteiger partial charge in [-0.1, -0.05) is 38.1 Å². The standard InChI is InChI=1S/C19H25N3/c1-4-15-9-7-11-17(13-15)21-19(20)22(6-3)18-12-8-10-16(5-2)14-18/h7-14H,4-6H2,1-3H3,(H2,20,21). The highest BCUT2D eigenvalue weighted by atomic mass is 15.2. The van der Waals surface area contributed by atoms with Crippen molar-refractivity contribution in [1.29, 1.82) is 0 Å². The molecule has 0 heterocycles. The van der Waals surface area contributed by atoms with Crippen molar-refractivity contribution < 1.29 is 0 Å². The molecule has 0 radical (unpaired) electrons. The molecule has 0 spiro atoms. The summed E-state index contributed by atoms with van der Waals surface area (Å²) in [6.45, 7) is 7.17. The van der Waals surface area contributed by atoms with Gasteiger partial charge in [0.1, 0.15) is 0 Å².